The second-order valence-electron chi connectivity index (χ2n) is 3.41. The van der Waals surface area contributed by atoms with Crippen LogP contribution >= 0.6 is 15.4 Å². The minimum absolute atomic E-state index is 0.0115. The molecule has 0 aliphatic heterocycles. The molecule has 108 valence electrons. The summed E-state index contributed by atoms with van der Waals surface area (Å²) in [5.41, 5.74) is 0.735. The van der Waals surface area contributed by atoms with E-state index in [0.717, 1.165) is 19.8 Å². The van der Waals surface area contributed by atoms with Crippen LogP contribution in [0, 0.1) is 0 Å². The Hall–Kier alpha value is -0.0000000000000000416. The summed E-state index contributed by atoms with van der Waals surface area (Å²) in [5, 5.41) is 8.80. The maximum Gasteiger partial charge on any atom is 0.481 e. The molecule has 1 N–H and O–H groups in total. The fourth-order valence-corrected chi connectivity index (χ4v) is 4.12. The van der Waals surface area contributed by atoms with Crippen LogP contribution in [0.5, 0.6) is 0 Å². The van der Waals surface area contributed by atoms with Crippen molar-refractivity contribution in [3.63, 3.8) is 0 Å². The van der Waals surface area contributed by atoms with Crippen LogP contribution in [-0.2, 0) is 27.0 Å². The number of phosphoric ester groups is 1. The number of aliphatic hydroxyl groups excluding tert-OH is 1. The zero-order valence-electron chi connectivity index (χ0n) is 11.0. The quantitative estimate of drug-likeness (QED) is 0.517. The summed E-state index contributed by atoms with van der Waals surface area (Å²) in [7, 11) is -3.97. The summed E-state index contributed by atoms with van der Waals surface area (Å²) >= 11 is 0. The van der Waals surface area contributed by atoms with Crippen LogP contribution < -0.4 is 0 Å². The molecule has 1 atom stereocenters. The van der Waals surface area contributed by atoms with Crippen molar-refractivity contribution in [2.75, 3.05) is 34.1 Å². The number of rotatable bonds is 9. The minimum atomic E-state index is -3.85. The van der Waals surface area contributed by atoms with E-state index in [4.69, 9.17) is 13.9 Å². The third-order valence-electron chi connectivity index (χ3n) is 2.09. The number of hydrogen-bond acceptors (Lipinski definition) is 7. The van der Waals surface area contributed by atoms with Gasteiger partial charge in [0.1, 0.15) is 0 Å². The Labute approximate surface area is 107 Å². The van der Waals surface area contributed by atoms with E-state index in [9.17, 15) is 9.13 Å². The lowest BCUT2D eigenvalue weighted by Crippen LogP contribution is -1.99. The Kier molecular flexibility index (Phi) is 8.23. The molecule has 0 aliphatic rings. The van der Waals surface area contributed by atoms with Gasteiger partial charge in [-0.05, 0) is 13.3 Å². The normalized spacial score (nSPS) is 16.6. The van der Waals surface area contributed by atoms with E-state index >= 15 is 0 Å². The van der Waals surface area contributed by atoms with E-state index in [1.807, 2.05) is 0 Å². The monoisotopic (exact) mass is 302 g/mol. The van der Waals surface area contributed by atoms with Crippen LogP contribution in [0.4, 0.5) is 0 Å². The average Bonchev–Trinajstić information content (AvgIpc) is 2.38. The standard InChI is InChI=1S/C9H20O7P2/c1-9(8-10)6-5-7-17(11,13-2)16-18(12,14-3)15-4/h6,10H,5,7-8H2,1-4H3/b9-6+. The molecule has 0 saturated heterocycles. The lowest BCUT2D eigenvalue weighted by Gasteiger charge is -2.19. The number of hydrogen-bond donors (Lipinski definition) is 1. The molecule has 0 spiro atoms. The molecule has 0 bridgehead atoms. The molecule has 0 amide bonds. The highest BCUT2D eigenvalue weighted by Gasteiger charge is 2.36. The molecule has 0 aliphatic carbocycles. The molecular weight excluding hydrogens is 282 g/mol. The van der Waals surface area contributed by atoms with E-state index in [0.29, 0.717) is 6.42 Å². The smallest absolute Gasteiger partial charge is 0.392 e. The maximum absolute atomic E-state index is 12.1. The van der Waals surface area contributed by atoms with Gasteiger partial charge in [0, 0.05) is 21.3 Å². The van der Waals surface area contributed by atoms with Gasteiger partial charge in [0.05, 0.1) is 12.8 Å². The predicted octanol–water partition coefficient (Wildman–Crippen LogP) is 2.57. The van der Waals surface area contributed by atoms with Crippen LogP contribution in [0.2, 0.25) is 0 Å². The van der Waals surface area contributed by atoms with E-state index in [1.54, 1.807) is 13.0 Å². The summed E-state index contributed by atoms with van der Waals surface area (Å²) in [4.78, 5) is 0. The predicted molar refractivity (Wildman–Crippen MR) is 67.7 cm³/mol. The van der Waals surface area contributed by atoms with Crippen molar-refractivity contribution >= 4 is 15.4 Å². The number of phosphoric acid groups is 1. The van der Waals surface area contributed by atoms with Crippen molar-refractivity contribution in [3.05, 3.63) is 11.6 Å². The van der Waals surface area contributed by atoms with E-state index in [-0.39, 0.29) is 12.8 Å². The lowest BCUT2D eigenvalue weighted by atomic mass is 10.3. The first-order valence-electron chi connectivity index (χ1n) is 5.19. The molecule has 0 aromatic rings. The second kappa shape index (κ2) is 8.23. The van der Waals surface area contributed by atoms with Gasteiger partial charge < -0.3 is 9.63 Å². The summed E-state index contributed by atoms with van der Waals surface area (Å²) in [6.45, 7) is 1.65. The Morgan fingerprint density at radius 1 is 1.17 bits per heavy atom. The van der Waals surface area contributed by atoms with E-state index in [1.165, 1.54) is 7.11 Å². The van der Waals surface area contributed by atoms with Crippen molar-refractivity contribution in [2.24, 2.45) is 0 Å². The zero-order chi connectivity index (χ0) is 14.2. The van der Waals surface area contributed by atoms with Crippen molar-refractivity contribution < 1.29 is 32.1 Å². The molecule has 18 heavy (non-hydrogen) atoms. The minimum Gasteiger partial charge on any atom is -0.392 e. The summed E-state index contributed by atoms with van der Waals surface area (Å²) in [6, 6.07) is 0. The highest BCUT2D eigenvalue weighted by molar-refractivity contribution is 7.64. The zero-order valence-corrected chi connectivity index (χ0v) is 12.8. The number of allylic oxidation sites excluding steroid dienone is 1. The molecule has 0 aromatic carbocycles. The summed E-state index contributed by atoms with van der Waals surface area (Å²) in [5.74, 6) is 0. The van der Waals surface area contributed by atoms with Crippen LogP contribution in [0.1, 0.15) is 13.3 Å². The van der Waals surface area contributed by atoms with Gasteiger partial charge in [-0.2, -0.15) is 0 Å². The van der Waals surface area contributed by atoms with Gasteiger partial charge in [-0.15, -0.1) is 0 Å². The second-order valence-corrected chi connectivity index (χ2v) is 7.72. The summed E-state index contributed by atoms with van der Waals surface area (Å²) in [6.07, 6.45) is 2.06. The van der Waals surface area contributed by atoms with Crippen LogP contribution in [0.15, 0.2) is 11.6 Å². The first kappa shape index (κ1) is 18.0. The molecule has 0 saturated carbocycles. The molecule has 0 fully saturated rings. The Balaban J connectivity index is 4.63. The fourth-order valence-electron chi connectivity index (χ4n) is 0.993. The van der Waals surface area contributed by atoms with E-state index < -0.39 is 15.4 Å². The summed E-state index contributed by atoms with van der Waals surface area (Å²) < 4.78 is 42.5. The third kappa shape index (κ3) is 6.25. The van der Waals surface area contributed by atoms with Crippen LogP contribution in [-0.4, -0.2) is 39.2 Å². The molecular formula is C9H20O7P2. The molecule has 0 heterocycles. The van der Waals surface area contributed by atoms with Crippen molar-refractivity contribution in [1.82, 2.24) is 0 Å². The van der Waals surface area contributed by atoms with Gasteiger partial charge in [-0.25, -0.2) is 8.88 Å². The lowest BCUT2D eigenvalue weighted by molar-refractivity contribution is 0.196. The first-order valence-corrected chi connectivity index (χ1v) is 8.37. The van der Waals surface area contributed by atoms with Crippen molar-refractivity contribution in [2.45, 2.75) is 13.3 Å². The van der Waals surface area contributed by atoms with Crippen LogP contribution in [0.3, 0.4) is 0 Å². The van der Waals surface area contributed by atoms with Gasteiger partial charge in [0.25, 0.3) is 0 Å². The molecule has 9 heteroatoms. The molecule has 0 aromatic heterocycles. The van der Waals surface area contributed by atoms with Crippen molar-refractivity contribution in [1.29, 1.82) is 0 Å². The fraction of sp³-hybridized carbons (Fsp3) is 0.778. The van der Waals surface area contributed by atoms with Gasteiger partial charge in [0.2, 0.25) is 0 Å². The highest BCUT2D eigenvalue weighted by atomic mass is 31.3. The van der Waals surface area contributed by atoms with Gasteiger partial charge >= 0.3 is 15.4 Å². The highest BCUT2D eigenvalue weighted by Crippen LogP contribution is 2.64. The van der Waals surface area contributed by atoms with Gasteiger partial charge in [0.15, 0.2) is 0 Å². The van der Waals surface area contributed by atoms with Gasteiger partial charge in [-0.3, -0.25) is 13.6 Å². The van der Waals surface area contributed by atoms with Crippen molar-refractivity contribution in [3.8, 4) is 0 Å². The Morgan fingerprint density at radius 3 is 2.11 bits per heavy atom. The molecule has 1 unspecified atom stereocenters. The van der Waals surface area contributed by atoms with Crippen LogP contribution in [0.25, 0.3) is 0 Å². The first-order chi connectivity index (χ1) is 8.34. The maximum atomic E-state index is 12.1. The average molecular weight is 302 g/mol. The van der Waals surface area contributed by atoms with Gasteiger partial charge in [-0.1, -0.05) is 11.6 Å². The Morgan fingerprint density at radius 2 is 1.72 bits per heavy atom. The Bertz CT molecular complexity index is 358. The van der Waals surface area contributed by atoms with E-state index in [2.05, 4.69) is 9.05 Å². The molecule has 7 nitrogen and oxygen atoms in total. The molecule has 0 rings (SSSR count). The number of aliphatic hydroxyl groups is 1. The third-order valence-corrected chi connectivity index (χ3v) is 6.15. The largest absolute Gasteiger partial charge is 0.481 e. The SMILES string of the molecule is COP(=O)(CC/C=C(\C)CO)OP(=O)(OC)OC. The topological polar surface area (TPSA) is 91.3 Å². The molecule has 0 radical (unpaired) electrons.